The zero-order valence-corrected chi connectivity index (χ0v) is 6.70. The van der Waals surface area contributed by atoms with Gasteiger partial charge >= 0.3 is 12.2 Å². The molecule has 0 heterocycles. The van der Waals surface area contributed by atoms with Crippen LogP contribution in [0, 0.1) is 0 Å². The average Bonchev–Trinajstić information content (AvgIpc) is 1.84. The Balaban J connectivity index is 3.85. The van der Waals surface area contributed by atoms with Crippen LogP contribution < -0.4 is 10.6 Å². The second-order valence-electron chi connectivity index (χ2n) is 2.24. The van der Waals surface area contributed by atoms with E-state index in [4.69, 9.17) is 10.2 Å². The molecule has 0 fully saturated rings. The molecule has 0 bridgehead atoms. The van der Waals surface area contributed by atoms with E-state index in [0.717, 1.165) is 0 Å². The van der Waals surface area contributed by atoms with Gasteiger partial charge in [0.15, 0.2) is 0 Å². The van der Waals surface area contributed by atoms with Crippen molar-refractivity contribution in [2.45, 2.75) is 25.9 Å². The Morgan fingerprint density at radius 2 is 1.67 bits per heavy atom. The van der Waals surface area contributed by atoms with Crippen molar-refractivity contribution in [2.24, 2.45) is 0 Å². The van der Waals surface area contributed by atoms with Crippen LogP contribution in [0.5, 0.6) is 0 Å². The van der Waals surface area contributed by atoms with Gasteiger partial charge in [-0.3, -0.25) is 0 Å². The lowest BCUT2D eigenvalue weighted by atomic mass is 10.3. The van der Waals surface area contributed by atoms with Crippen LogP contribution >= 0.6 is 0 Å². The number of hydrogen-bond acceptors (Lipinski definition) is 2. The first-order valence-electron chi connectivity index (χ1n) is 3.55. The summed E-state index contributed by atoms with van der Waals surface area (Å²) in [6.07, 6.45) is -2.04. The number of hydrogen-bond donors (Lipinski definition) is 4. The van der Waals surface area contributed by atoms with Gasteiger partial charge < -0.3 is 20.8 Å². The van der Waals surface area contributed by atoms with Gasteiger partial charge in [0.1, 0.15) is 6.17 Å². The number of nitrogens with one attached hydrogen (secondary N) is 2. The summed E-state index contributed by atoms with van der Waals surface area (Å²) in [7, 11) is 0. The lowest BCUT2D eigenvalue weighted by Gasteiger charge is -2.14. The van der Waals surface area contributed by atoms with E-state index in [1.54, 1.807) is 0 Å². The molecule has 70 valence electrons. The van der Waals surface area contributed by atoms with Crippen molar-refractivity contribution in [3.05, 3.63) is 0 Å². The maximum Gasteiger partial charge on any atom is 0.406 e. The molecule has 0 unspecified atom stereocenters. The predicted octanol–water partition coefficient (Wildman–Crippen LogP) is 0.648. The first-order valence-corrected chi connectivity index (χ1v) is 3.55. The molecule has 12 heavy (non-hydrogen) atoms. The van der Waals surface area contributed by atoms with Gasteiger partial charge in [-0.15, -0.1) is 0 Å². The maximum absolute atomic E-state index is 10.1. The minimum Gasteiger partial charge on any atom is -0.465 e. The maximum atomic E-state index is 10.1. The molecule has 0 saturated carbocycles. The summed E-state index contributed by atoms with van der Waals surface area (Å²) in [6.45, 7) is 1.83. The molecule has 2 amide bonds. The largest absolute Gasteiger partial charge is 0.465 e. The van der Waals surface area contributed by atoms with Gasteiger partial charge in [0.25, 0.3) is 0 Å². The minimum atomic E-state index is -1.23. The van der Waals surface area contributed by atoms with E-state index >= 15 is 0 Å². The van der Waals surface area contributed by atoms with Gasteiger partial charge in [-0.2, -0.15) is 0 Å². The summed E-state index contributed by atoms with van der Waals surface area (Å²) in [6, 6.07) is 0. The van der Waals surface area contributed by atoms with E-state index < -0.39 is 18.4 Å². The Morgan fingerprint density at radius 1 is 1.25 bits per heavy atom. The fraction of sp³-hybridized carbons (Fsp3) is 0.667. The second kappa shape index (κ2) is 5.22. The number of carbonyl (C=O) groups is 2. The first-order chi connectivity index (χ1) is 5.56. The Hall–Kier alpha value is -1.46. The third kappa shape index (κ3) is 5.33. The van der Waals surface area contributed by atoms with Crippen LogP contribution in [0.1, 0.15) is 19.8 Å². The summed E-state index contributed by atoms with van der Waals surface area (Å²) in [5.74, 6) is 0. The van der Waals surface area contributed by atoms with E-state index in [1.807, 2.05) is 17.6 Å². The van der Waals surface area contributed by atoms with Gasteiger partial charge in [0.05, 0.1) is 0 Å². The quantitative estimate of drug-likeness (QED) is 0.472. The van der Waals surface area contributed by atoms with E-state index in [0.29, 0.717) is 12.8 Å². The van der Waals surface area contributed by atoms with Crippen LogP contribution in [0.25, 0.3) is 0 Å². The van der Waals surface area contributed by atoms with Crippen molar-refractivity contribution in [3.63, 3.8) is 0 Å². The van der Waals surface area contributed by atoms with Crippen LogP contribution in [0.15, 0.2) is 0 Å². The molecular formula is C6H12N2O4. The molecule has 0 aliphatic rings. The highest BCUT2D eigenvalue weighted by molar-refractivity contribution is 5.68. The molecular weight excluding hydrogens is 164 g/mol. The minimum absolute atomic E-state index is 0.443. The molecule has 6 heteroatoms. The van der Waals surface area contributed by atoms with Crippen LogP contribution in [-0.4, -0.2) is 28.6 Å². The van der Waals surface area contributed by atoms with Crippen LogP contribution in [0.2, 0.25) is 0 Å². The zero-order valence-electron chi connectivity index (χ0n) is 6.70. The molecule has 0 saturated heterocycles. The highest BCUT2D eigenvalue weighted by Crippen LogP contribution is 1.92. The molecule has 0 aliphatic heterocycles. The molecule has 0 atom stereocenters. The van der Waals surface area contributed by atoms with Gasteiger partial charge in [0, 0.05) is 0 Å². The number of rotatable bonds is 4. The molecule has 0 aromatic carbocycles. The fourth-order valence-corrected chi connectivity index (χ4v) is 0.767. The standard InChI is InChI=1S/C6H12N2O4/c1-2-3-4(7-5(9)10)8-6(11)12/h4,7-8H,2-3H2,1H3,(H,9,10)(H,11,12). The lowest BCUT2D eigenvalue weighted by molar-refractivity contribution is 0.174. The monoisotopic (exact) mass is 176 g/mol. The summed E-state index contributed by atoms with van der Waals surface area (Å²) < 4.78 is 0. The summed E-state index contributed by atoms with van der Waals surface area (Å²) in [5.41, 5.74) is 0. The van der Waals surface area contributed by atoms with Gasteiger partial charge in [-0.1, -0.05) is 13.3 Å². The van der Waals surface area contributed by atoms with Crippen molar-refractivity contribution in [3.8, 4) is 0 Å². The molecule has 4 N–H and O–H groups in total. The van der Waals surface area contributed by atoms with E-state index in [1.165, 1.54) is 0 Å². The van der Waals surface area contributed by atoms with Crippen LogP contribution in [0.3, 0.4) is 0 Å². The Bertz CT molecular complexity index is 155. The summed E-state index contributed by atoms with van der Waals surface area (Å²) in [4.78, 5) is 20.2. The SMILES string of the molecule is CCCC(NC(=O)O)NC(=O)O. The third-order valence-corrected chi connectivity index (χ3v) is 1.17. The highest BCUT2D eigenvalue weighted by Gasteiger charge is 2.11. The van der Waals surface area contributed by atoms with Gasteiger partial charge in [0.2, 0.25) is 0 Å². The van der Waals surface area contributed by atoms with Crippen molar-refractivity contribution in [1.29, 1.82) is 0 Å². The highest BCUT2D eigenvalue weighted by atomic mass is 16.4. The molecule has 0 rings (SSSR count). The molecule has 0 aliphatic carbocycles. The normalized spacial score (nSPS) is 9.50. The van der Waals surface area contributed by atoms with Crippen molar-refractivity contribution >= 4 is 12.2 Å². The smallest absolute Gasteiger partial charge is 0.406 e. The third-order valence-electron chi connectivity index (χ3n) is 1.17. The average molecular weight is 176 g/mol. The molecule has 0 aromatic rings. The molecule has 0 spiro atoms. The van der Waals surface area contributed by atoms with Gasteiger partial charge in [-0.05, 0) is 6.42 Å². The number of carboxylic acid groups (broad SMARTS) is 2. The Kier molecular flexibility index (Phi) is 4.59. The zero-order chi connectivity index (χ0) is 9.56. The van der Waals surface area contributed by atoms with Crippen molar-refractivity contribution in [1.82, 2.24) is 10.6 Å². The second-order valence-corrected chi connectivity index (χ2v) is 2.24. The van der Waals surface area contributed by atoms with Crippen molar-refractivity contribution in [2.75, 3.05) is 0 Å². The topological polar surface area (TPSA) is 98.7 Å². The Morgan fingerprint density at radius 3 is 1.92 bits per heavy atom. The van der Waals surface area contributed by atoms with Crippen LogP contribution in [-0.2, 0) is 0 Å². The van der Waals surface area contributed by atoms with Gasteiger partial charge in [-0.25, -0.2) is 9.59 Å². The lowest BCUT2D eigenvalue weighted by Crippen LogP contribution is -2.46. The predicted molar refractivity (Wildman–Crippen MR) is 41.0 cm³/mol. The Labute approximate surface area is 69.6 Å². The summed E-state index contributed by atoms with van der Waals surface area (Å²) in [5, 5.41) is 20.6. The van der Waals surface area contributed by atoms with Crippen molar-refractivity contribution < 1.29 is 19.8 Å². The van der Waals surface area contributed by atoms with Crippen LogP contribution in [0.4, 0.5) is 9.59 Å². The first kappa shape index (κ1) is 10.5. The number of amides is 2. The molecule has 6 nitrogen and oxygen atoms in total. The van der Waals surface area contributed by atoms with E-state index in [-0.39, 0.29) is 0 Å². The molecule has 0 radical (unpaired) electrons. The van der Waals surface area contributed by atoms with E-state index in [2.05, 4.69) is 0 Å². The molecule has 0 aromatic heterocycles. The summed E-state index contributed by atoms with van der Waals surface area (Å²) >= 11 is 0. The fourth-order valence-electron chi connectivity index (χ4n) is 0.767. The van der Waals surface area contributed by atoms with E-state index in [9.17, 15) is 9.59 Å².